The molecule has 0 aliphatic carbocycles. The van der Waals surface area contributed by atoms with E-state index in [-0.39, 0.29) is 57.6 Å². The molecule has 60 heavy (non-hydrogen) atoms. The fourth-order valence-corrected chi connectivity index (χ4v) is 8.89. The van der Waals surface area contributed by atoms with E-state index >= 15 is 0 Å². The van der Waals surface area contributed by atoms with Crippen LogP contribution in [-0.4, -0.2) is 9.13 Å². The number of fused-ring (bicyclic) bond motifs is 7. The lowest BCUT2D eigenvalue weighted by Crippen LogP contribution is -1.94. The summed E-state index contributed by atoms with van der Waals surface area (Å²) in [6, 6.07) is 61.6. The minimum atomic E-state index is -0.425. The van der Waals surface area contributed by atoms with E-state index in [1.54, 1.807) is 4.57 Å². The fraction of sp³-hybridized carbons (Fsp3) is 0. The van der Waals surface area contributed by atoms with Gasteiger partial charge in [-0.2, -0.15) is 0 Å². The van der Waals surface area contributed by atoms with Crippen LogP contribution in [0.4, 0.5) is 0 Å². The predicted molar refractivity (Wildman–Crippen MR) is 254 cm³/mol. The van der Waals surface area contributed by atoms with Gasteiger partial charge in [-0.05, 0) is 122 Å². The molecule has 0 fully saturated rings. The van der Waals surface area contributed by atoms with Crippen LogP contribution >= 0.6 is 0 Å². The van der Waals surface area contributed by atoms with Crippen molar-refractivity contribution in [2.45, 2.75) is 0 Å². The van der Waals surface area contributed by atoms with E-state index in [1.807, 2.05) is 97.1 Å². The Kier molecular flexibility index (Phi) is 6.39. The Hall–Kier alpha value is -7.94. The molecule has 2 heteroatoms. The third-order valence-corrected chi connectivity index (χ3v) is 11.8. The summed E-state index contributed by atoms with van der Waals surface area (Å²) in [6.45, 7) is 0. The summed E-state index contributed by atoms with van der Waals surface area (Å²) in [7, 11) is 0. The highest BCUT2D eigenvalue weighted by Gasteiger charge is 2.18. The molecule has 2 aromatic heterocycles. The molecular weight excluding hydrogens is 725 g/mol. The maximum absolute atomic E-state index is 9.96. The van der Waals surface area contributed by atoms with Gasteiger partial charge in [-0.15, -0.1) is 0 Å². The van der Waals surface area contributed by atoms with Crippen molar-refractivity contribution in [1.29, 1.82) is 0 Å². The zero-order valence-corrected chi connectivity index (χ0v) is 32.3. The van der Waals surface area contributed by atoms with E-state index in [4.69, 9.17) is 2.74 Å². The van der Waals surface area contributed by atoms with Crippen LogP contribution in [0.5, 0.6) is 0 Å². The summed E-state index contributed by atoms with van der Waals surface area (Å²) in [6.07, 6.45) is 0. The van der Waals surface area contributed by atoms with Gasteiger partial charge in [-0.1, -0.05) is 164 Å². The maximum atomic E-state index is 9.96. The summed E-state index contributed by atoms with van der Waals surface area (Å²) >= 11 is 0. The standard InChI is InChI=1S/C58H38N2/c1-3-12-39(13-4-1)41-22-29-47(30-23-41)59-55-21-10-9-19-51(55)52-36-44(26-33-56(52)59)45-27-34-57-53(37-45)54-38-46(50-20-11-17-43-16-7-8-18-49(43)50)28-35-58(54)60(57)48-31-24-42(25-32-48)40-14-5-2-6-15-40/h1-38H/i9D,10D,19D,21D,26D,33D,36D. The quantitative estimate of drug-likeness (QED) is 0.159. The molecule has 0 radical (unpaired) electrons. The normalized spacial score (nSPS) is 13.3. The Bertz CT molecular complexity index is 3960. The molecule has 12 aromatic rings. The Morgan fingerprint density at radius 1 is 0.300 bits per heavy atom. The van der Waals surface area contributed by atoms with Gasteiger partial charge in [0.15, 0.2) is 0 Å². The molecule has 0 saturated carbocycles. The lowest BCUT2D eigenvalue weighted by molar-refractivity contribution is 1.18. The van der Waals surface area contributed by atoms with Crippen molar-refractivity contribution in [3.8, 4) is 55.9 Å². The lowest BCUT2D eigenvalue weighted by Gasteiger charge is -2.11. The fourth-order valence-electron chi connectivity index (χ4n) is 8.89. The van der Waals surface area contributed by atoms with Gasteiger partial charge in [0.25, 0.3) is 0 Å². The first-order valence-corrected chi connectivity index (χ1v) is 20.1. The van der Waals surface area contributed by atoms with Crippen LogP contribution < -0.4 is 0 Å². The zero-order valence-electron chi connectivity index (χ0n) is 39.3. The van der Waals surface area contributed by atoms with Crippen LogP contribution in [0.25, 0.3) is 110 Å². The molecule has 0 bridgehead atoms. The van der Waals surface area contributed by atoms with Crippen molar-refractivity contribution in [3.63, 3.8) is 0 Å². The van der Waals surface area contributed by atoms with E-state index in [9.17, 15) is 6.85 Å². The third-order valence-electron chi connectivity index (χ3n) is 11.8. The Morgan fingerprint density at radius 3 is 1.50 bits per heavy atom. The molecule has 0 N–H and O–H groups in total. The number of nitrogens with zero attached hydrogens (tertiary/aromatic N) is 2. The summed E-state index contributed by atoms with van der Waals surface area (Å²) in [5.74, 6) is 0. The monoisotopic (exact) mass is 769 g/mol. The predicted octanol–water partition coefficient (Wildman–Crippen LogP) is 15.7. The highest BCUT2D eigenvalue weighted by atomic mass is 15.0. The minimum Gasteiger partial charge on any atom is -0.309 e. The second-order valence-corrected chi connectivity index (χ2v) is 15.2. The van der Waals surface area contributed by atoms with Gasteiger partial charge in [-0.3, -0.25) is 0 Å². The van der Waals surface area contributed by atoms with Crippen molar-refractivity contribution >= 4 is 54.4 Å². The second-order valence-electron chi connectivity index (χ2n) is 15.2. The molecule has 0 aliphatic rings. The van der Waals surface area contributed by atoms with Crippen LogP contribution in [0.2, 0.25) is 0 Å². The molecule has 0 unspecified atom stereocenters. The molecule has 12 rings (SSSR count). The minimum absolute atomic E-state index is 0.0817. The molecule has 0 spiro atoms. The average Bonchev–Trinajstić information content (AvgIpc) is 3.91. The van der Waals surface area contributed by atoms with Crippen molar-refractivity contribution in [1.82, 2.24) is 9.13 Å². The Morgan fingerprint density at radius 2 is 0.817 bits per heavy atom. The first kappa shape index (κ1) is 27.7. The highest BCUT2D eigenvalue weighted by molar-refractivity contribution is 6.14. The molecular formula is C58H38N2. The van der Waals surface area contributed by atoms with E-state index in [0.717, 1.165) is 71.6 Å². The van der Waals surface area contributed by atoms with Crippen LogP contribution in [-0.2, 0) is 0 Å². The van der Waals surface area contributed by atoms with Gasteiger partial charge in [0.2, 0.25) is 0 Å². The number of hydrogen-bond acceptors (Lipinski definition) is 0. The van der Waals surface area contributed by atoms with Gasteiger partial charge in [0, 0.05) is 32.9 Å². The first-order chi connectivity index (χ1) is 32.7. The lowest BCUT2D eigenvalue weighted by atomic mass is 9.96. The summed E-state index contributed by atoms with van der Waals surface area (Å²) < 4.78 is 69.0. The van der Waals surface area contributed by atoms with E-state index in [0.29, 0.717) is 11.3 Å². The number of para-hydroxylation sites is 1. The Labute approximate surface area is 358 Å². The van der Waals surface area contributed by atoms with E-state index in [1.165, 1.54) is 0 Å². The number of rotatable bonds is 6. The highest BCUT2D eigenvalue weighted by Crippen LogP contribution is 2.41. The van der Waals surface area contributed by atoms with Crippen molar-refractivity contribution < 1.29 is 9.60 Å². The Balaban J connectivity index is 1.11. The summed E-state index contributed by atoms with van der Waals surface area (Å²) in [5, 5.41) is 4.50. The van der Waals surface area contributed by atoms with Crippen LogP contribution in [0.15, 0.2) is 230 Å². The summed E-state index contributed by atoms with van der Waals surface area (Å²) in [5.41, 5.74) is 10.9. The summed E-state index contributed by atoms with van der Waals surface area (Å²) in [4.78, 5) is 0. The average molecular weight is 770 g/mol. The van der Waals surface area contributed by atoms with Crippen molar-refractivity contribution in [2.24, 2.45) is 0 Å². The van der Waals surface area contributed by atoms with Crippen molar-refractivity contribution in [3.05, 3.63) is 230 Å². The smallest absolute Gasteiger partial charge is 0.0645 e. The maximum Gasteiger partial charge on any atom is 0.0645 e. The molecule has 2 heterocycles. The molecule has 0 amide bonds. The van der Waals surface area contributed by atoms with Crippen LogP contribution in [0, 0.1) is 0 Å². The van der Waals surface area contributed by atoms with Gasteiger partial charge >= 0.3 is 0 Å². The van der Waals surface area contributed by atoms with Gasteiger partial charge in [-0.25, -0.2) is 0 Å². The van der Waals surface area contributed by atoms with Crippen LogP contribution in [0.1, 0.15) is 9.60 Å². The SMILES string of the molecule is [2H]c1c([2H])c([2H])c2c(c1[2H])c1c([2H])c(-c3ccc4c(c3)c3cc(-c5cccc6ccccc56)ccc3n4-c3ccc(-c4ccccc4)cc3)c([2H])c([2H])c1n2-c1ccc(-c2ccccc2)cc1. The van der Waals surface area contributed by atoms with Crippen molar-refractivity contribution in [2.75, 3.05) is 0 Å². The largest absolute Gasteiger partial charge is 0.309 e. The molecule has 0 saturated heterocycles. The molecule has 280 valence electrons. The van der Waals surface area contributed by atoms with Gasteiger partial charge < -0.3 is 9.13 Å². The number of hydrogen-bond donors (Lipinski definition) is 0. The first-order valence-electron chi connectivity index (χ1n) is 23.6. The zero-order chi connectivity index (χ0) is 45.7. The molecule has 0 atom stereocenters. The van der Waals surface area contributed by atoms with Crippen LogP contribution in [0.3, 0.4) is 0 Å². The molecule has 0 aliphatic heterocycles. The van der Waals surface area contributed by atoms with E-state index < -0.39 is 12.1 Å². The molecule has 2 nitrogen and oxygen atoms in total. The second kappa shape index (κ2) is 13.9. The van der Waals surface area contributed by atoms with Gasteiger partial charge in [0.05, 0.1) is 31.7 Å². The number of benzene rings is 10. The third kappa shape index (κ3) is 5.57. The van der Waals surface area contributed by atoms with E-state index in [2.05, 4.69) is 95.6 Å². The topological polar surface area (TPSA) is 9.86 Å². The molecule has 10 aromatic carbocycles. The van der Waals surface area contributed by atoms with Gasteiger partial charge in [0.1, 0.15) is 0 Å². The number of aromatic nitrogens is 2.